The number of nitrogens with zero attached hydrogens (tertiary/aromatic N) is 2. The van der Waals surface area contributed by atoms with Gasteiger partial charge in [0.1, 0.15) is 11.5 Å². The van der Waals surface area contributed by atoms with Gasteiger partial charge in [0.25, 0.3) is 0 Å². The number of anilines is 1. The molecule has 0 amide bonds. The Hall–Kier alpha value is -2.10. The number of aryl methyl sites for hydroxylation is 2. The predicted octanol–water partition coefficient (Wildman–Crippen LogP) is 3.14. The van der Waals surface area contributed by atoms with Crippen molar-refractivity contribution in [2.45, 2.75) is 33.2 Å². The third-order valence-corrected chi connectivity index (χ3v) is 3.73. The first-order valence-corrected chi connectivity index (χ1v) is 6.94. The summed E-state index contributed by atoms with van der Waals surface area (Å²) in [5.74, 6) is 0.959. The number of carbonyl (C=O) groups excluding carboxylic acids is 1. The lowest BCUT2D eigenvalue weighted by molar-refractivity contribution is 0.101. The van der Waals surface area contributed by atoms with Gasteiger partial charge in [-0.2, -0.15) is 0 Å². The fourth-order valence-corrected chi connectivity index (χ4v) is 2.75. The van der Waals surface area contributed by atoms with E-state index >= 15 is 0 Å². The normalized spacial score (nSPS) is 14.2. The van der Waals surface area contributed by atoms with Gasteiger partial charge >= 0.3 is 0 Å². The molecule has 2 aromatic rings. The molecule has 0 fully saturated rings. The zero-order valence-corrected chi connectivity index (χ0v) is 11.8. The average molecular weight is 270 g/mol. The molecule has 0 saturated carbocycles. The van der Waals surface area contributed by atoms with Gasteiger partial charge in [-0.15, -0.1) is 0 Å². The highest BCUT2D eigenvalue weighted by Gasteiger charge is 2.19. The maximum absolute atomic E-state index is 11.5. The molecule has 0 N–H and O–H groups in total. The van der Waals surface area contributed by atoms with Crippen molar-refractivity contribution in [2.75, 3.05) is 11.4 Å². The van der Waals surface area contributed by atoms with Gasteiger partial charge < -0.3 is 9.42 Å². The summed E-state index contributed by atoms with van der Waals surface area (Å²) >= 11 is 0. The number of rotatable bonds is 3. The van der Waals surface area contributed by atoms with Crippen molar-refractivity contribution in [1.82, 2.24) is 5.16 Å². The van der Waals surface area contributed by atoms with Crippen LogP contribution in [0.25, 0.3) is 0 Å². The largest absolute Gasteiger partial charge is 0.365 e. The fraction of sp³-hybridized carbons (Fsp3) is 0.375. The van der Waals surface area contributed by atoms with Crippen molar-refractivity contribution in [1.29, 1.82) is 0 Å². The van der Waals surface area contributed by atoms with Crippen molar-refractivity contribution >= 4 is 11.5 Å². The molecule has 0 aliphatic carbocycles. The van der Waals surface area contributed by atoms with Crippen molar-refractivity contribution in [3.8, 4) is 0 Å². The molecule has 0 spiro atoms. The van der Waals surface area contributed by atoms with Crippen LogP contribution in [0.1, 0.15) is 40.7 Å². The number of ketones is 1. The Kier molecular flexibility index (Phi) is 3.30. The monoisotopic (exact) mass is 270 g/mol. The molecular formula is C16H18N2O2. The number of hydrogen-bond donors (Lipinski definition) is 0. The summed E-state index contributed by atoms with van der Waals surface area (Å²) in [6.45, 7) is 5.28. The van der Waals surface area contributed by atoms with Crippen LogP contribution in [0.5, 0.6) is 0 Å². The van der Waals surface area contributed by atoms with E-state index in [2.05, 4.69) is 16.1 Å². The van der Waals surface area contributed by atoms with Crippen LogP contribution in [-0.2, 0) is 13.0 Å². The van der Waals surface area contributed by atoms with Crippen LogP contribution in [-0.4, -0.2) is 17.5 Å². The van der Waals surface area contributed by atoms with Crippen LogP contribution in [0.15, 0.2) is 28.8 Å². The average Bonchev–Trinajstić information content (AvgIpc) is 2.84. The van der Waals surface area contributed by atoms with E-state index in [0.717, 1.165) is 42.9 Å². The Balaban J connectivity index is 1.88. The number of fused-ring (bicyclic) bond motifs is 1. The smallest absolute Gasteiger partial charge is 0.159 e. The van der Waals surface area contributed by atoms with Gasteiger partial charge in [0.2, 0.25) is 0 Å². The van der Waals surface area contributed by atoms with Crippen molar-refractivity contribution in [2.24, 2.45) is 0 Å². The highest BCUT2D eigenvalue weighted by atomic mass is 16.5. The molecule has 1 aromatic heterocycles. The lowest BCUT2D eigenvalue weighted by atomic mass is 9.98. The number of benzene rings is 1. The quantitative estimate of drug-likeness (QED) is 0.804. The maximum Gasteiger partial charge on any atom is 0.159 e. The van der Waals surface area contributed by atoms with Gasteiger partial charge in [-0.3, -0.25) is 4.79 Å². The van der Waals surface area contributed by atoms with Gasteiger partial charge in [-0.05, 0) is 50.5 Å². The summed E-state index contributed by atoms with van der Waals surface area (Å²) in [6, 6.07) is 7.96. The van der Waals surface area contributed by atoms with E-state index in [9.17, 15) is 4.79 Å². The van der Waals surface area contributed by atoms with E-state index in [4.69, 9.17) is 4.52 Å². The Morgan fingerprint density at radius 3 is 2.95 bits per heavy atom. The molecule has 1 aliphatic rings. The van der Waals surface area contributed by atoms with Gasteiger partial charge in [0, 0.05) is 23.9 Å². The van der Waals surface area contributed by atoms with Gasteiger partial charge in [-0.25, -0.2) is 0 Å². The van der Waals surface area contributed by atoms with Crippen LogP contribution in [0, 0.1) is 6.92 Å². The maximum atomic E-state index is 11.5. The van der Waals surface area contributed by atoms with Crippen LogP contribution >= 0.6 is 0 Å². The zero-order valence-electron chi connectivity index (χ0n) is 11.8. The molecule has 0 bridgehead atoms. The topological polar surface area (TPSA) is 46.3 Å². The number of aromatic nitrogens is 1. The van der Waals surface area contributed by atoms with E-state index in [1.807, 2.05) is 25.1 Å². The lowest BCUT2D eigenvalue weighted by Gasteiger charge is -2.30. The molecule has 3 rings (SSSR count). The minimum absolute atomic E-state index is 0.122. The third-order valence-electron chi connectivity index (χ3n) is 3.73. The first-order valence-electron chi connectivity index (χ1n) is 6.94. The third kappa shape index (κ3) is 2.46. The molecule has 0 saturated heterocycles. The van der Waals surface area contributed by atoms with Crippen molar-refractivity contribution < 1.29 is 9.32 Å². The molecule has 0 radical (unpaired) electrons. The molecule has 2 heterocycles. The number of hydrogen-bond acceptors (Lipinski definition) is 4. The van der Waals surface area contributed by atoms with Gasteiger partial charge in [-0.1, -0.05) is 5.16 Å². The van der Waals surface area contributed by atoms with E-state index in [1.54, 1.807) is 6.92 Å². The minimum Gasteiger partial charge on any atom is -0.365 e. The van der Waals surface area contributed by atoms with Crippen molar-refractivity contribution in [3.63, 3.8) is 0 Å². The molecule has 4 nitrogen and oxygen atoms in total. The standard InChI is InChI=1S/C16H18N2O2/c1-11-8-15(17-20-11)10-18-7-3-4-14-9-13(12(2)19)5-6-16(14)18/h5-6,8-9H,3-4,7,10H2,1-2H3. The van der Waals surface area contributed by atoms with Crippen LogP contribution < -0.4 is 4.90 Å². The summed E-state index contributed by atoms with van der Waals surface area (Å²) in [6.07, 6.45) is 2.13. The lowest BCUT2D eigenvalue weighted by Crippen LogP contribution is -2.29. The van der Waals surface area contributed by atoms with Gasteiger partial charge in [0.05, 0.1) is 6.54 Å². The minimum atomic E-state index is 0.122. The molecule has 4 heteroatoms. The highest BCUT2D eigenvalue weighted by Crippen LogP contribution is 2.29. The van der Waals surface area contributed by atoms with Crippen LogP contribution in [0.2, 0.25) is 0 Å². The molecule has 1 aliphatic heterocycles. The molecule has 0 unspecified atom stereocenters. The SMILES string of the molecule is CC(=O)c1ccc2c(c1)CCCN2Cc1cc(C)on1. The zero-order chi connectivity index (χ0) is 14.1. The predicted molar refractivity (Wildman–Crippen MR) is 77.1 cm³/mol. The summed E-state index contributed by atoms with van der Waals surface area (Å²) < 4.78 is 5.12. The summed E-state index contributed by atoms with van der Waals surface area (Å²) in [4.78, 5) is 13.8. The molecule has 20 heavy (non-hydrogen) atoms. The highest BCUT2D eigenvalue weighted by molar-refractivity contribution is 5.94. The Morgan fingerprint density at radius 2 is 2.25 bits per heavy atom. The molecular weight excluding hydrogens is 252 g/mol. The number of carbonyl (C=O) groups is 1. The van der Waals surface area contributed by atoms with E-state index in [-0.39, 0.29) is 5.78 Å². The number of Topliss-reactive ketones (excluding diaryl/α,β-unsaturated/α-hetero) is 1. The summed E-state index contributed by atoms with van der Waals surface area (Å²) in [7, 11) is 0. The second-order valence-electron chi connectivity index (χ2n) is 5.35. The first kappa shape index (κ1) is 12.9. The molecule has 1 aromatic carbocycles. The van der Waals surface area contributed by atoms with E-state index in [0.29, 0.717) is 0 Å². The fourth-order valence-electron chi connectivity index (χ4n) is 2.75. The van der Waals surface area contributed by atoms with Crippen LogP contribution in [0.3, 0.4) is 0 Å². The Labute approximate surface area is 118 Å². The Morgan fingerprint density at radius 1 is 1.40 bits per heavy atom. The molecule has 104 valence electrons. The second-order valence-corrected chi connectivity index (χ2v) is 5.35. The molecule has 0 atom stereocenters. The Bertz CT molecular complexity index is 646. The van der Waals surface area contributed by atoms with Crippen LogP contribution in [0.4, 0.5) is 5.69 Å². The van der Waals surface area contributed by atoms with Gasteiger partial charge in [0.15, 0.2) is 5.78 Å². The van der Waals surface area contributed by atoms with E-state index < -0.39 is 0 Å². The first-order chi connectivity index (χ1) is 9.63. The van der Waals surface area contributed by atoms with E-state index in [1.165, 1.54) is 11.3 Å². The summed E-state index contributed by atoms with van der Waals surface area (Å²) in [5.41, 5.74) is 4.21. The van der Waals surface area contributed by atoms with Crippen molar-refractivity contribution in [3.05, 3.63) is 46.8 Å². The summed E-state index contributed by atoms with van der Waals surface area (Å²) in [5, 5.41) is 4.06. The second kappa shape index (κ2) is 5.12.